The molecular formula is C13H22BrNS. The molecule has 1 N–H and O–H groups in total. The molecule has 0 saturated carbocycles. The summed E-state index contributed by atoms with van der Waals surface area (Å²) in [6.45, 7) is 10.0. The molecule has 1 atom stereocenters. The Morgan fingerprint density at radius 1 is 1.44 bits per heavy atom. The third kappa shape index (κ3) is 4.98. The maximum absolute atomic E-state index is 3.60. The first kappa shape index (κ1) is 14.2. The molecule has 1 unspecified atom stereocenters. The van der Waals surface area contributed by atoms with Crippen molar-refractivity contribution in [3.8, 4) is 0 Å². The fourth-order valence-electron chi connectivity index (χ4n) is 1.54. The molecule has 92 valence electrons. The van der Waals surface area contributed by atoms with E-state index in [1.165, 1.54) is 22.2 Å². The molecule has 16 heavy (non-hydrogen) atoms. The molecular weight excluding hydrogens is 282 g/mol. The Hall–Kier alpha value is 0.140. The second-order valence-corrected chi connectivity index (χ2v) is 7.16. The largest absolute Gasteiger partial charge is 0.312 e. The Kier molecular flexibility index (Phi) is 5.48. The van der Waals surface area contributed by atoms with Crippen molar-refractivity contribution in [3.63, 3.8) is 0 Å². The fraction of sp³-hybridized carbons (Fsp3) is 0.692. The lowest BCUT2D eigenvalue weighted by molar-refractivity contribution is 0.364. The highest BCUT2D eigenvalue weighted by atomic mass is 79.9. The fourth-order valence-corrected chi connectivity index (χ4v) is 3.17. The summed E-state index contributed by atoms with van der Waals surface area (Å²) in [5, 5.41) is 5.75. The van der Waals surface area contributed by atoms with Crippen molar-refractivity contribution in [2.24, 2.45) is 5.92 Å². The van der Waals surface area contributed by atoms with Crippen LogP contribution in [0, 0.1) is 5.92 Å². The maximum atomic E-state index is 3.60. The molecule has 1 aromatic rings. The zero-order valence-corrected chi connectivity index (χ0v) is 13.0. The molecule has 0 amide bonds. The van der Waals surface area contributed by atoms with E-state index in [0.717, 1.165) is 12.5 Å². The molecule has 0 aromatic carbocycles. The third-order valence-electron chi connectivity index (χ3n) is 2.66. The van der Waals surface area contributed by atoms with Gasteiger partial charge in [-0.2, -0.15) is 0 Å². The molecule has 1 aromatic heterocycles. The minimum absolute atomic E-state index is 0.222. The summed E-state index contributed by atoms with van der Waals surface area (Å²) < 4.78 is 1.27. The lowest BCUT2D eigenvalue weighted by atomic mass is 9.99. The van der Waals surface area contributed by atoms with Gasteiger partial charge in [0.25, 0.3) is 0 Å². The van der Waals surface area contributed by atoms with Crippen molar-refractivity contribution in [3.05, 3.63) is 20.8 Å². The van der Waals surface area contributed by atoms with Crippen LogP contribution in [-0.4, -0.2) is 12.1 Å². The van der Waals surface area contributed by atoms with Crippen LogP contribution >= 0.6 is 27.3 Å². The molecule has 1 nitrogen and oxygen atoms in total. The van der Waals surface area contributed by atoms with Gasteiger partial charge in [0, 0.05) is 14.9 Å². The van der Waals surface area contributed by atoms with Gasteiger partial charge in [-0.15, -0.1) is 11.3 Å². The van der Waals surface area contributed by atoms with Crippen molar-refractivity contribution in [1.29, 1.82) is 0 Å². The Balaban J connectivity index is 2.47. The average molecular weight is 304 g/mol. The highest BCUT2D eigenvalue weighted by Gasteiger charge is 2.14. The number of hydrogen-bond acceptors (Lipinski definition) is 2. The standard InChI is InChI=1S/C13H22BrNS/c1-5-10(9-15-13(2,3)4)8-12-11(14)6-7-16-12/h6-7,10,15H,5,8-9H2,1-4H3. The second-order valence-electron chi connectivity index (χ2n) is 5.30. The van der Waals surface area contributed by atoms with Gasteiger partial charge >= 0.3 is 0 Å². The van der Waals surface area contributed by atoms with Crippen LogP contribution in [0.25, 0.3) is 0 Å². The van der Waals surface area contributed by atoms with E-state index in [4.69, 9.17) is 0 Å². The first-order valence-corrected chi connectivity index (χ1v) is 7.56. The molecule has 0 bridgehead atoms. The van der Waals surface area contributed by atoms with Gasteiger partial charge in [0.2, 0.25) is 0 Å². The predicted molar refractivity (Wildman–Crippen MR) is 77.3 cm³/mol. The van der Waals surface area contributed by atoms with Crippen LogP contribution in [0.2, 0.25) is 0 Å². The Morgan fingerprint density at radius 2 is 2.12 bits per heavy atom. The van der Waals surface area contributed by atoms with Crippen molar-refractivity contribution < 1.29 is 0 Å². The quantitative estimate of drug-likeness (QED) is 0.846. The highest BCUT2D eigenvalue weighted by Crippen LogP contribution is 2.26. The summed E-state index contributed by atoms with van der Waals surface area (Å²) in [4.78, 5) is 1.47. The number of nitrogens with one attached hydrogen (secondary N) is 1. The molecule has 0 aliphatic heterocycles. The topological polar surface area (TPSA) is 12.0 Å². The Labute approximate surface area is 112 Å². The van der Waals surface area contributed by atoms with Crippen LogP contribution in [0.1, 0.15) is 39.0 Å². The monoisotopic (exact) mass is 303 g/mol. The number of hydrogen-bond donors (Lipinski definition) is 1. The van der Waals surface area contributed by atoms with Gasteiger partial charge in [-0.05, 0) is 67.0 Å². The van der Waals surface area contributed by atoms with Crippen molar-refractivity contribution >= 4 is 27.3 Å². The SMILES string of the molecule is CCC(CNC(C)(C)C)Cc1sccc1Br. The molecule has 0 saturated heterocycles. The first-order valence-electron chi connectivity index (χ1n) is 5.89. The molecule has 0 aliphatic carbocycles. The van der Waals surface area contributed by atoms with E-state index < -0.39 is 0 Å². The zero-order chi connectivity index (χ0) is 12.2. The van der Waals surface area contributed by atoms with E-state index in [2.05, 4.69) is 60.4 Å². The number of rotatable bonds is 5. The van der Waals surface area contributed by atoms with Crippen LogP contribution in [0.5, 0.6) is 0 Å². The highest BCUT2D eigenvalue weighted by molar-refractivity contribution is 9.10. The van der Waals surface area contributed by atoms with Gasteiger partial charge in [0.1, 0.15) is 0 Å². The van der Waals surface area contributed by atoms with Crippen LogP contribution in [0.4, 0.5) is 0 Å². The summed E-state index contributed by atoms with van der Waals surface area (Å²) in [6.07, 6.45) is 2.41. The Bertz CT molecular complexity index is 314. The minimum Gasteiger partial charge on any atom is -0.312 e. The van der Waals surface area contributed by atoms with Gasteiger partial charge in [-0.3, -0.25) is 0 Å². The maximum Gasteiger partial charge on any atom is 0.0314 e. The average Bonchev–Trinajstić information content (AvgIpc) is 2.57. The van der Waals surface area contributed by atoms with Crippen LogP contribution in [0.15, 0.2) is 15.9 Å². The van der Waals surface area contributed by atoms with Gasteiger partial charge in [-0.25, -0.2) is 0 Å². The van der Waals surface area contributed by atoms with E-state index in [0.29, 0.717) is 0 Å². The summed E-state index contributed by atoms with van der Waals surface area (Å²) in [6, 6.07) is 2.14. The summed E-state index contributed by atoms with van der Waals surface area (Å²) in [7, 11) is 0. The smallest absolute Gasteiger partial charge is 0.0314 e. The van der Waals surface area contributed by atoms with Crippen molar-refractivity contribution in [2.45, 2.75) is 46.1 Å². The Morgan fingerprint density at radius 3 is 2.56 bits per heavy atom. The third-order valence-corrected chi connectivity index (χ3v) is 4.61. The lowest BCUT2D eigenvalue weighted by Crippen LogP contribution is -2.39. The zero-order valence-electron chi connectivity index (χ0n) is 10.6. The number of thiophene rings is 1. The molecule has 1 rings (SSSR count). The number of halogens is 1. The summed E-state index contributed by atoms with van der Waals surface area (Å²) >= 11 is 5.46. The van der Waals surface area contributed by atoms with E-state index in [1.807, 2.05) is 11.3 Å². The lowest BCUT2D eigenvalue weighted by Gasteiger charge is -2.24. The van der Waals surface area contributed by atoms with Crippen molar-refractivity contribution in [2.75, 3.05) is 6.54 Å². The van der Waals surface area contributed by atoms with Crippen molar-refractivity contribution in [1.82, 2.24) is 5.32 Å². The molecule has 0 spiro atoms. The van der Waals surface area contributed by atoms with Gasteiger partial charge in [0.05, 0.1) is 0 Å². The van der Waals surface area contributed by atoms with Gasteiger partial charge in [0.15, 0.2) is 0 Å². The van der Waals surface area contributed by atoms with Gasteiger partial charge < -0.3 is 5.32 Å². The first-order chi connectivity index (χ1) is 7.42. The van der Waals surface area contributed by atoms with Crippen LogP contribution < -0.4 is 5.32 Å². The van der Waals surface area contributed by atoms with E-state index >= 15 is 0 Å². The van der Waals surface area contributed by atoms with E-state index in [1.54, 1.807) is 0 Å². The summed E-state index contributed by atoms with van der Waals surface area (Å²) in [5.74, 6) is 0.731. The van der Waals surface area contributed by atoms with Gasteiger partial charge in [-0.1, -0.05) is 13.3 Å². The normalized spacial score (nSPS) is 14.1. The minimum atomic E-state index is 0.222. The molecule has 1 heterocycles. The van der Waals surface area contributed by atoms with Crippen LogP contribution in [-0.2, 0) is 6.42 Å². The van der Waals surface area contributed by atoms with Crippen LogP contribution in [0.3, 0.4) is 0 Å². The summed E-state index contributed by atoms with van der Waals surface area (Å²) in [5.41, 5.74) is 0.222. The molecule has 3 heteroatoms. The molecule has 0 radical (unpaired) electrons. The van der Waals surface area contributed by atoms with E-state index in [-0.39, 0.29) is 5.54 Å². The second kappa shape index (κ2) is 6.18. The van der Waals surface area contributed by atoms with E-state index in [9.17, 15) is 0 Å². The molecule has 0 fully saturated rings. The predicted octanol–water partition coefficient (Wildman–Crippen LogP) is 4.47. The molecule has 0 aliphatic rings.